The predicted octanol–water partition coefficient (Wildman–Crippen LogP) is 3.46. The number of rotatable bonds is 5. The van der Waals surface area contributed by atoms with Gasteiger partial charge in [-0.25, -0.2) is 4.98 Å². The number of likely N-dealkylation sites (tertiary alicyclic amines) is 2. The second kappa shape index (κ2) is 8.35. The first-order valence-electron chi connectivity index (χ1n) is 9.75. The van der Waals surface area contributed by atoms with Gasteiger partial charge in [-0.3, -0.25) is 14.5 Å². The number of piperidine rings is 2. The molecule has 2 aromatic heterocycles. The van der Waals surface area contributed by atoms with Crippen molar-refractivity contribution in [1.29, 1.82) is 0 Å². The Morgan fingerprint density at radius 2 is 1.89 bits per heavy atom. The lowest BCUT2D eigenvalue weighted by Gasteiger charge is -2.30. The van der Waals surface area contributed by atoms with Gasteiger partial charge in [-0.05, 0) is 50.9 Å². The molecule has 2 aliphatic rings. The Kier molecular flexibility index (Phi) is 5.69. The molecule has 144 valence electrons. The van der Waals surface area contributed by atoms with Crippen LogP contribution in [0.15, 0.2) is 28.1 Å². The Labute approximate surface area is 163 Å². The van der Waals surface area contributed by atoms with Crippen LogP contribution in [0.3, 0.4) is 0 Å². The smallest absolute Gasteiger partial charge is 0.289 e. The summed E-state index contributed by atoms with van der Waals surface area (Å²) in [6.45, 7) is 4.15. The molecule has 2 aromatic rings. The maximum atomic E-state index is 12.7. The largest absolute Gasteiger partial charge is 0.455 e. The quantitative estimate of drug-likeness (QED) is 0.735. The lowest BCUT2D eigenvalue weighted by atomic mass is 9.92. The first-order chi connectivity index (χ1) is 13.2. The van der Waals surface area contributed by atoms with Crippen LogP contribution in [-0.2, 0) is 6.54 Å². The van der Waals surface area contributed by atoms with Crippen LogP contribution in [-0.4, -0.2) is 52.7 Å². The molecule has 2 saturated heterocycles. The van der Waals surface area contributed by atoms with Gasteiger partial charge in [0.2, 0.25) is 0 Å². The molecule has 6 nitrogen and oxygen atoms in total. The summed E-state index contributed by atoms with van der Waals surface area (Å²) in [5, 5.41) is 2.40. The molecule has 27 heavy (non-hydrogen) atoms. The Hall–Kier alpha value is -1.99. The van der Waals surface area contributed by atoms with Crippen molar-refractivity contribution in [3.05, 3.63) is 40.2 Å². The van der Waals surface area contributed by atoms with Crippen molar-refractivity contribution in [3.63, 3.8) is 0 Å². The van der Waals surface area contributed by atoms with E-state index in [0.29, 0.717) is 36.7 Å². The summed E-state index contributed by atoms with van der Waals surface area (Å²) >= 11 is 1.39. The summed E-state index contributed by atoms with van der Waals surface area (Å²) < 4.78 is 5.83. The fraction of sp³-hybridized carbons (Fsp3) is 0.550. The van der Waals surface area contributed by atoms with Crippen molar-refractivity contribution in [2.24, 2.45) is 5.92 Å². The molecule has 4 rings (SSSR count). The van der Waals surface area contributed by atoms with Crippen molar-refractivity contribution in [2.45, 2.75) is 38.6 Å². The van der Waals surface area contributed by atoms with E-state index in [2.05, 4.69) is 9.88 Å². The number of aromatic nitrogens is 1. The van der Waals surface area contributed by atoms with Gasteiger partial charge in [0.25, 0.3) is 5.91 Å². The van der Waals surface area contributed by atoms with Crippen LogP contribution in [0, 0.1) is 5.92 Å². The number of amides is 1. The molecule has 0 aliphatic carbocycles. The second-order valence-electron chi connectivity index (χ2n) is 7.37. The molecule has 0 bridgehead atoms. The second-order valence-corrected chi connectivity index (χ2v) is 8.27. The van der Waals surface area contributed by atoms with E-state index >= 15 is 0 Å². The normalized spacial score (nSPS) is 19.3. The zero-order chi connectivity index (χ0) is 18.6. The number of hydrogen-bond donors (Lipinski definition) is 0. The number of Topliss-reactive ketones (excluding diaryl/α,β-unsaturated/α-hetero) is 1. The van der Waals surface area contributed by atoms with Gasteiger partial charge in [0.15, 0.2) is 16.6 Å². The van der Waals surface area contributed by atoms with E-state index in [1.807, 2.05) is 11.4 Å². The van der Waals surface area contributed by atoms with Gasteiger partial charge in [-0.2, -0.15) is 0 Å². The highest BCUT2D eigenvalue weighted by atomic mass is 32.1. The molecule has 2 aliphatic heterocycles. The standard InChI is InChI=1S/C20H25N3O3S/c24-18(19-21-8-13-27-19)15-6-11-23(12-7-15)20(25)17-5-4-16(26-17)14-22-9-2-1-3-10-22/h4-5,8,13,15H,1-3,6-7,9-12,14H2. The minimum atomic E-state index is -0.0694. The number of hydrogen-bond acceptors (Lipinski definition) is 6. The third-order valence-electron chi connectivity index (χ3n) is 5.50. The Bertz CT molecular complexity index is 772. The lowest BCUT2D eigenvalue weighted by Crippen LogP contribution is -2.40. The number of furan rings is 1. The van der Waals surface area contributed by atoms with E-state index in [4.69, 9.17) is 4.42 Å². The maximum absolute atomic E-state index is 12.7. The first-order valence-corrected chi connectivity index (χ1v) is 10.6. The highest BCUT2D eigenvalue weighted by molar-refractivity contribution is 7.11. The molecule has 0 N–H and O–H groups in total. The molecule has 0 aromatic carbocycles. The van der Waals surface area contributed by atoms with Crippen LogP contribution in [0.5, 0.6) is 0 Å². The third kappa shape index (κ3) is 4.30. The van der Waals surface area contributed by atoms with Crippen LogP contribution < -0.4 is 0 Å². The zero-order valence-electron chi connectivity index (χ0n) is 15.4. The lowest BCUT2D eigenvalue weighted by molar-refractivity contribution is 0.0621. The summed E-state index contributed by atoms with van der Waals surface area (Å²) in [6.07, 6.45) is 6.81. The van der Waals surface area contributed by atoms with Crippen LogP contribution in [0.1, 0.15) is 58.2 Å². The summed E-state index contributed by atoms with van der Waals surface area (Å²) in [5.74, 6) is 1.27. The summed E-state index contributed by atoms with van der Waals surface area (Å²) in [6, 6.07) is 3.70. The first kappa shape index (κ1) is 18.4. The van der Waals surface area contributed by atoms with Gasteiger partial charge in [0.05, 0.1) is 6.54 Å². The van der Waals surface area contributed by atoms with E-state index < -0.39 is 0 Å². The molecule has 4 heterocycles. The van der Waals surface area contributed by atoms with Gasteiger partial charge in [0, 0.05) is 30.6 Å². The number of nitrogens with zero attached hydrogens (tertiary/aromatic N) is 3. The minimum absolute atomic E-state index is 0.0357. The summed E-state index contributed by atoms with van der Waals surface area (Å²) in [5.41, 5.74) is 0. The third-order valence-corrected chi connectivity index (χ3v) is 6.28. The molecule has 7 heteroatoms. The molecule has 0 atom stereocenters. The van der Waals surface area contributed by atoms with E-state index in [1.54, 1.807) is 17.2 Å². The SMILES string of the molecule is O=C(c1nccs1)C1CCN(C(=O)c2ccc(CN3CCCCC3)o2)CC1. The molecule has 0 saturated carbocycles. The summed E-state index contributed by atoms with van der Waals surface area (Å²) in [7, 11) is 0. The van der Waals surface area contributed by atoms with Crippen molar-refractivity contribution in [3.8, 4) is 0 Å². The van der Waals surface area contributed by atoms with Crippen molar-refractivity contribution in [1.82, 2.24) is 14.8 Å². The van der Waals surface area contributed by atoms with Crippen LogP contribution in [0.4, 0.5) is 0 Å². The highest BCUT2D eigenvalue weighted by Crippen LogP contribution is 2.24. The molecular formula is C20H25N3O3S. The molecule has 2 fully saturated rings. The van der Waals surface area contributed by atoms with Crippen molar-refractivity contribution in [2.75, 3.05) is 26.2 Å². The maximum Gasteiger partial charge on any atom is 0.289 e. The van der Waals surface area contributed by atoms with Crippen LogP contribution >= 0.6 is 11.3 Å². The van der Waals surface area contributed by atoms with E-state index in [0.717, 1.165) is 25.4 Å². The average molecular weight is 388 g/mol. The molecule has 0 radical (unpaired) electrons. The number of ketones is 1. The van der Waals surface area contributed by atoms with Crippen LogP contribution in [0.2, 0.25) is 0 Å². The van der Waals surface area contributed by atoms with E-state index in [-0.39, 0.29) is 17.6 Å². The minimum Gasteiger partial charge on any atom is -0.455 e. The summed E-state index contributed by atoms with van der Waals surface area (Å²) in [4.78, 5) is 33.5. The van der Waals surface area contributed by atoms with Gasteiger partial charge < -0.3 is 9.32 Å². The topological polar surface area (TPSA) is 66.7 Å². The van der Waals surface area contributed by atoms with E-state index in [1.165, 1.54) is 30.6 Å². The Balaban J connectivity index is 1.31. The predicted molar refractivity (Wildman–Crippen MR) is 103 cm³/mol. The van der Waals surface area contributed by atoms with Gasteiger partial charge in [-0.15, -0.1) is 11.3 Å². The number of thiazole rings is 1. The van der Waals surface area contributed by atoms with Crippen LogP contribution in [0.25, 0.3) is 0 Å². The molecular weight excluding hydrogens is 362 g/mol. The average Bonchev–Trinajstić information content (AvgIpc) is 3.40. The Morgan fingerprint density at radius 1 is 1.11 bits per heavy atom. The highest BCUT2D eigenvalue weighted by Gasteiger charge is 2.30. The fourth-order valence-corrected chi connectivity index (χ4v) is 4.59. The number of carbonyl (C=O) groups excluding carboxylic acids is 2. The molecule has 1 amide bonds. The molecule has 0 spiro atoms. The van der Waals surface area contributed by atoms with E-state index in [9.17, 15) is 9.59 Å². The van der Waals surface area contributed by atoms with Gasteiger partial charge >= 0.3 is 0 Å². The van der Waals surface area contributed by atoms with Crippen molar-refractivity contribution >= 4 is 23.0 Å². The number of carbonyl (C=O) groups is 2. The van der Waals surface area contributed by atoms with Crippen molar-refractivity contribution < 1.29 is 14.0 Å². The Morgan fingerprint density at radius 3 is 2.59 bits per heavy atom. The zero-order valence-corrected chi connectivity index (χ0v) is 16.2. The van der Waals surface area contributed by atoms with Gasteiger partial charge in [-0.1, -0.05) is 6.42 Å². The molecule has 0 unspecified atom stereocenters. The van der Waals surface area contributed by atoms with Gasteiger partial charge in [0.1, 0.15) is 5.76 Å². The fourth-order valence-electron chi connectivity index (χ4n) is 3.94. The monoisotopic (exact) mass is 387 g/mol.